The van der Waals surface area contributed by atoms with Crippen LogP contribution < -0.4 is 0 Å². The standard InChI is InChI=1S/C22H19FN2O3/c1-14(21(26)17-6-5-15-3-2-4-16(15)11-17)28-22(27)20-12-24-13-25(20)19-9-7-18(23)8-10-19/h5-14H,2-4H2,1H3/t14-/m1/s1. The third-order valence-corrected chi connectivity index (χ3v) is 4.99. The van der Waals surface area contributed by atoms with Crippen molar-refractivity contribution in [2.45, 2.75) is 32.3 Å². The van der Waals surface area contributed by atoms with Crippen molar-refractivity contribution in [1.82, 2.24) is 9.55 Å². The summed E-state index contributed by atoms with van der Waals surface area (Å²) in [4.78, 5) is 29.3. The van der Waals surface area contributed by atoms with E-state index >= 15 is 0 Å². The van der Waals surface area contributed by atoms with Gasteiger partial charge in [-0.05, 0) is 67.6 Å². The van der Waals surface area contributed by atoms with Gasteiger partial charge in [0.25, 0.3) is 0 Å². The van der Waals surface area contributed by atoms with Crippen LogP contribution in [0, 0.1) is 5.82 Å². The molecule has 0 aliphatic heterocycles. The van der Waals surface area contributed by atoms with Gasteiger partial charge in [0, 0.05) is 11.3 Å². The molecule has 0 saturated carbocycles. The lowest BCUT2D eigenvalue weighted by molar-refractivity contribution is 0.0311. The number of Topliss-reactive ketones (excluding diaryl/α,β-unsaturated/α-hetero) is 1. The number of benzene rings is 2. The molecule has 0 fully saturated rings. The zero-order valence-corrected chi connectivity index (χ0v) is 15.4. The summed E-state index contributed by atoms with van der Waals surface area (Å²) < 4.78 is 20.0. The smallest absolute Gasteiger partial charge is 0.357 e. The monoisotopic (exact) mass is 378 g/mol. The molecule has 0 unspecified atom stereocenters. The highest BCUT2D eigenvalue weighted by atomic mass is 19.1. The number of hydrogen-bond acceptors (Lipinski definition) is 4. The summed E-state index contributed by atoms with van der Waals surface area (Å²) in [7, 11) is 0. The fourth-order valence-electron chi connectivity index (χ4n) is 3.49. The third-order valence-electron chi connectivity index (χ3n) is 4.99. The van der Waals surface area contributed by atoms with Gasteiger partial charge < -0.3 is 4.74 Å². The number of fused-ring (bicyclic) bond motifs is 1. The van der Waals surface area contributed by atoms with E-state index in [1.807, 2.05) is 12.1 Å². The molecule has 0 spiro atoms. The van der Waals surface area contributed by atoms with Crippen molar-refractivity contribution in [2.75, 3.05) is 0 Å². The molecule has 1 atom stereocenters. The Labute approximate surface area is 161 Å². The van der Waals surface area contributed by atoms with Crippen LogP contribution in [-0.2, 0) is 17.6 Å². The number of hydrogen-bond donors (Lipinski definition) is 0. The summed E-state index contributed by atoms with van der Waals surface area (Å²) >= 11 is 0. The number of ketones is 1. The van der Waals surface area contributed by atoms with Crippen LogP contribution in [0.3, 0.4) is 0 Å². The molecule has 6 heteroatoms. The van der Waals surface area contributed by atoms with E-state index in [0.717, 1.165) is 19.3 Å². The van der Waals surface area contributed by atoms with E-state index in [-0.39, 0.29) is 17.3 Å². The quantitative estimate of drug-likeness (QED) is 0.499. The SMILES string of the molecule is C[C@@H](OC(=O)c1cncn1-c1ccc(F)cc1)C(=O)c1ccc2c(c1)CCC2. The second kappa shape index (κ2) is 7.38. The Morgan fingerprint density at radius 2 is 1.86 bits per heavy atom. The summed E-state index contributed by atoms with van der Waals surface area (Å²) in [6.45, 7) is 1.56. The van der Waals surface area contributed by atoms with Crippen LogP contribution in [0.1, 0.15) is 45.3 Å². The number of carbonyl (C=O) groups is 2. The second-order valence-electron chi connectivity index (χ2n) is 6.87. The lowest BCUT2D eigenvalue weighted by Gasteiger charge is -2.14. The molecule has 0 N–H and O–H groups in total. The van der Waals surface area contributed by atoms with Gasteiger partial charge in [-0.1, -0.05) is 12.1 Å². The summed E-state index contributed by atoms with van der Waals surface area (Å²) in [6, 6.07) is 11.3. The topological polar surface area (TPSA) is 61.2 Å². The highest BCUT2D eigenvalue weighted by molar-refractivity contribution is 6.01. The first-order chi connectivity index (χ1) is 13.5. The fraction of sp³-hybridized carbons (Fsp3) is 0.227. The van der Waals surface area contributed by atoms with Crippen LogP contribution in [0.4, 0.5) is 4.39 Å². The molecule has 5 nitrogen and oxygen atoms in total. The van der Waals surface area contributed by atoms with E-state index in [2.05, 4.69) is 4.98 Å². The minimum Gasteiger partial charge on any atom is -0.450 e. The predicted molar refractivity (Wildman–Crippen MR) is 101 cm³/mol. The summed E-state index contributed by atoms with van der Waals surface area (Å²) in [5.41, 5.74) is 3.76. The maximum atomic E-state index is 13.1. The van der Waals surface area contributed by atoms with Crippen LogP contribution in [0.2, 0.25) is 0 Å². The normalized spacial score (nSPS) is 13.8. The zero-order valence-electron chi connectivity index (χ0n) is 15.4. The third kappa shape index (κ3) is 3.45. The van der Waals surface area contributed by atoms with Crippen molar-refractivity contribution >= 4 is 11.8 Å². The average molecular weight is 378 g/mol. The molecular weight excluding hydrogens is 359 g/mol. The highest BCUT2D eigenvalue weighted by Gasteiger charge is 2.24. The van der Waals surface area contributed by atoms with E-state index in [4.69, 9.17) is 4.74 Å². The van der Waals surface area contributed by atoms with E-state index < -0.39 is 12.1 Å². The van der Waals surface area contributed by atoms with Gasteiger partial charge in [-0.25, -0.2) is 14.2 Å². The van der Waals surface area contributed by atoms with Crippen LogP contribution in [-0.4, -0.2) is 27.4 Å². The zero-order chi connectivity index (χ0) is 19.7. The molecule has 0 bridgehead atoms. The number of nitrogens with zero attached hydrogens (tertiary/aromatic N) is 2. The van der Waals surface area contributed by atoms with E-state index in [9.17, 15) is 14.0 Å². The molecule has 0 saturated heterocycles. The van der Waals surface area contributed by atoms with Gasteiger partial charge in [-0.2, -0.15) is 0 Å². The highest BCUT2D eigenvalue weighted by Crippen LogP contribution is 2.24. The van der Waals surface area contributed by atoms with Crippen molar-refractivity contribution in [3.63, 3.8) is 0 Å². The molecule has 3 aromatic rings. The van der Waals surface area contributed by atoms with Crippen molar-refractivity contribution in [3.8, 4) is 5.69 Å². The van der Waals surface area contributed by atoms with Gasteiger partial charge >= 0.3 is 5.97 Å². The second-order valence-corrected chi connectivity index (χ2v) is 6.87. The van der Waals surface area contributed by atoms with Gasteiger partial charge in [0.2, 0.25) is 5.78 Å². The number of esters is 1. The van der Waals surface area contributed by atoms with E-state index in [0.29, 0.717) is 11.3 Å². The van der Waals surface area contributed by atoms with E-state index in [1.165, 1.54) is 52.5 Å². The lowest BCUT2D eigenvalue weighted by atomic mass is 10.0. The number of aryl methyl sites for hydroxylation is 2. The Balaban J connectivity index is 1.50. The van der Waals surface area contributed by atoms with Gasteiger partial charge in [-0.15, -0.1) is 0 Å². The molecule has 1 aliphatic carbocycles. The van der Waals surface area contributed by atoms with Crippen molar-refractivity contribution in [1.29, 1.82) is 0 Å². The molecule has 0 amide bonds. The van der Waals surface area contributed by atoms with E-state index in [1.54, 1.807) is 13.0 Å². The maximum absolute atomic E-state index is 13.1. The van der Waals surface area contributed by atoms with Crippen LogP contribution in [0.5, 0.6) is 0 Å². The molecule has 1 aliphatic rings. The number of rotatable bonds is 5. The molecule has 4 rings (SSSR count). The molecule has 2 aromatic carbocycles. The molecular formula is C22H19FN2O3. The number of aromatic nitrogens is 2. The first kappa shape index (κ1) is 18.1. The maximum Gasteiger partial charge on any atom is 0.357 e. The molecule has 142 valence electrons. The Kier molecular flexibility index (Phi) is 4.77. The summed E-state index contributed by atoms with van der Waals surface area (Å²) in [5, 5.41) is 0. The first-order valence-corrected chi connectivity index (χ1v) is 9.18. The van der Waals surface area contributed by atoms with Crippen LogP contribution in [0.25, 0.3) is 5.69 Å². The number of imidazole rings is 1. The minimum atomic E-state index is -0.927. The Hall–Kier alpha value is -3.28. The van der Waals surface area contributed by atoms with Gasteiger partial charge in [-0.3, -0.25) is 9.36 Å². The number of ether oxygens (including phenoxy) is 1. The summed E-state index contributed by atoms with van der Waals surface area (Å²) in [5.74, 6) is -1.28. The van der Waals surface area contributed by atoms with Gasteiger partial charge in [0.1, 0.15) is 5.82 Å². The number of halogens is 1. The van der Waals surface area contributed by atoms with Crippen LogP contribution >= 0.6 is 0 Å². The van der Waals surface area contributed by atoms with Gasteiger partial charge in [0.05, 0.1) is 12.5 Å². The molecule has 28 heavy (non-hydrogen) atoms. The first-order valence-electron chi connectivity index (χ1n) is 9.18. The van der Waals surface area contributed by atoms with Crippen LogP contribution in [0.15, 0.2) is 55.0 Å². The van der Waals surface area contributed by atoms with Crippen molar-refractivity contribution in [2.24, 2.45) is 0 Å². The molecule has 0 radical (unpaired) electrons. The van der Waals surface area contributed by atoms with Gasteiger partial charge in [0.15, 0.2) is 11.8 Å². The fourth-order valence-corrected chi connectivity index (χ4v) is 3.49. The Bertz CT molecular complexity index is 1040. The number of carbonyl (C=O) groups excluding carboxylic acids is 2. The Morgan fingerprint density at radius 3 is 2.64 bits per heavy atom. The molecule has 1 aromatic heterocycles. The van der Waals surface area contributed by atoms with Crippen molar-refractivity contribution in [3.05, 3.63) is 83.2 Å². The predicted octanol–water partition coefficient (Wildman–Crippen LogP) is 3.93. The lowest BCUT2D eigenvalue weighted by Crippen LogP contribution is -2.25. The average Bonchev–Trinajstić information content (AvgIpc) is 3.36. The Morgan fingerprint density at radius 1 is 1.11 bits per heavy atom. The summed E-state index contributed by atoms with van der Waals surface area (Å²) in [6.07, 6.45) is 4.99. The molecule has 1 heterocycles. The van der Waals surface area contributed by atoms with Crippen molar-refractivity contribution < 1.29 is 18.7 Å². The largest absolute Gasteiger partial charge is 0.450 e. The minimum absolute atomic E-state index is 0.167.